The Bertz CT molecular complexity index is 853. The Labute approximate surface area is 182 Å². The number of hydrogen-bond donors (Lipinski definition) is 0. The average molecular weight is 434 g/mol. The first-order valence-corrected chi connectivity index (χ1v) is 10.1. The highest BCUT2D eigenvalue weighted by molar-refractivity contribution is 6.33. The van der Waals surface area contributed by atoms with E-state index in [2.05, 4.69) is 11.0 Å². The number of carbonyl (C=O) groups is 1. The number of piperazine rings is 1. The summed E-state index contributed by atoms with van der Waals surface area (Å²) in [7, 11) is 0. The topological polar surface area (TPSA) is 56.6 Å². The Kier molecular flexibility index (Phi) is 8.19. The van der Waals surface area contributed by atoms with Gasteiger partial charge in [-0.05, 0) is 51.1 Å². The van der Waals surface area contributed by atoms with Gasteiger partial charge in [0.15, 0.2) is 0 Å². The summed E-state index contributed by atoms with van der Waals surface area (Å²) in [5, 5.41) is 10.2. The van der Waals surface area contributed by atoms with Gasteiger partial charge in [-0.1, -0.05) is 41.4 Å². The molecule has 7 heteroatoms. The number of nitriles is 1. The van der Waals surface area contributed by atoms with Crippen molar-refractivity contribution < 1.29 is 9.53 Å². The van der Waals surface area contributed by atoms with Crippen LogP contribution in [0.25, 0.3) is 0 Å². The third-order valence-corrected chi connectivity index (χ3v) is 4.64. The lowest BCUT2D eigenvalue weighted by atomic mass is 10.2. The van der Waals surface area contributed by atoms with Crippen molar-refractivity contribution in [3.8, 4) is 6.07 Å². The summed E-state index contributed by atoms with van der Waals surface area (Å²) >= 11 is 11.8. The molecule has 1 saturated heterocycles. The molecule has 1 heterocycles. The van der Waals surface area contributed by atoms with Gasteiger partial charge in [-0.15, -0.1) is 0 Å². The van der Waals surface area contributed by atoms with E-state index in [1.54, 1.807) is 17.0 Å². The smallest absolute Gasteiger partial charge is 0.410 e. The van der Waals surface area contributed by atoms with E-state index in [0.29, 0.717) is 36.8 Å². The zero-order valence-corrected chi connectivity index (χ0v) is 18.4. The van der Waals surface area contributed by atoms with E-state index in [1.807, 2.05) is 57.2 Å². The molecule has 0 N–H and O–H groups in total. The van der Waals surface area contributed by atoms with Crippen LogP contribution < -0.4 is 4.90 Å². The standard InChI is InChI=1S/C16H20ClN3O2.C6H5Cl/c1-16(2,3)22-15(21)20-8-6-19(7-9-20)14-5-4-12(11-18)10-13(14)17;7-6-4-2-1-3-5-6/h4-5,10H,6-9H2,1-3H3;1-5H. The van der Waals surface area contributed by atoms with Crippen molar-refractivity contribution >= 4 is 35.0 Å². The molecule has 2 aromatic rings. The summed E-state index contributed by atoms with van der Waals surface area (Å²) in [5.41, 5.74) is 0.954. The zero-order chi connectivity index (χ0) is 21.4. The van der Waals surface area contributed by atoms with Gasteiger partial charge in [-0.2, -0.15) is 5.26 Å². The van der Waals surface area contributed by atoms with Crippen molar-refractivity contribution in [2.75, 3.05) is 31.1 Å². The number of rotatable bonds is 1. The molecular weight excluding hydrogens is 409 g/mol. The second-order valence-corrected chi connectivity index (χ2v) is 8.37. The van der Waals surface area contributed by atoms with Crippen LogP contribution >= 0.6 is 23.2 Å². The first kappa shape index (κ1) is 22.9. The molecule has 0 bridgehead atoms. The van der Waals surface area contributed by atoms with Crippen LogP contribution in [0.2, 0.25) is 10.0 Å². The monoisotopic (exact) mass is 433 g/mol. The summed E-state index contributed by atoms with van der Waals surface area (Å²) in [5.74, 6) is 0. The molecule has 1 aliphatic rings. The fourth-order valence-corrected chi connectivity index (χ4v) is 3.15. The molecule has 0 saturated carbocycles. The second-order valence-electron chi connectivity index (χ2n) is 7.53. The number of amides is 1. The van der Waals surface area contributed by atoms with E-state index < -0.39 is 5.60 Å². The minimum Gasteiger partial charge on any atom is -0.444 e. The van der Waals surface area contributed by atoms with Crippen LogP contribution in [-0.2, 0) is 4.74 Å². The average Bonchev–Trinajstić information content (AvgIpc) is 2.68. The zero-order valence-electron chi connectivity index (χ0n) is 16.9. The minimum absolute atomic E-state index is 0.280. The van der Waals surface area contributed by atoms with Crippen LogP contribution in [0.4, 0.5) is 10.5 Å². The highest BCUT2D eigenvalue weighted by Gasteiger charge is 2.26. The molecule has 0 spiro atoms. The van der Waals surface area contributed by atoms with E-state index in [9.17, 15) is 4.79 Å². The van der Waals surface area contributed by atoms with Crippen molar-refractivity contribution in [2.45, 2.75) is 26.4 Å². The summed E-state index contributed by atoms with van der Waals surface area (Å²) in [6.07, 6.45) is -0.280. The molecule has 0 atom stereocenters. The predicted octanol–water partition coefficient (Wildman–Crippen LogP) is 5.61. The van der Waals surface area contributed by atoms with Crippen LogP contribution in [0.1, 0.15) is 26.3 Å². The summed E-state index contributed by atoms with van der Waals surface area (Å²) in [6, 6.07) is 16.8. The van der Waals surface area contributed by atoms with Gasteiger partial charge in [-0.25, -0.2) is 4.79 Å². The Morgan fingerprint density at radius 1 is 1.03 bits per heavy atom. The summed E-state index contributed by atoms with van der Waals surface area (Å²) in [4.78, 5) is 15.9. The number of ether oxygens (including phenoxy) is 1. The Balaban J connectivity index is 0.000000360. The quantitative estimate of drug-likeness (QED) is 0.586. The third-order valence-electron chi connectivity index (χ3n) is 4.08. The first-order valence-electron chi connectivity index (χ1n) is 9.32. The molecule has 0 radical (unpaired) electrons. The maximum atomic E-state index is 12.0. The van der Waals surface area contributed by atoms with Crippen LogP contribution in [0.15, 0.2) is 48.5 Å². The number of hydrogen-bond acceptors (Lipinski definition) is 4. The second kappa shape index (κ2) is 10.4. The number of halogens is 2. The van der Waals surface area contributed by atoms with Crippen LogP contribution in [0, 0.1) is 11.3 Å². The molecule has 154 valence electrons. The molecule has 1 amide bonds. The van der Waals surface area contributed by atoms with Gasteiger partial charge in [0.05, 0.1) is 22.3 Å². The number of carbonyl (C=O) groups excluding carboxylic acids is 1. The fourth-order valence-electron chi connectivity index (χ4n) is 2.70. The maximum absolute atomic E-state index is 12.0. The molecule has 0 aromatic heterocycles. The lowest BCUT2D eigenvalue weighted by Crippen LogP contribution is -2.50. The molecule has 0 unspecified atom stereocenters. The fraction of sp³-hybridized carbons (Fsp3) is 0.364. The maximum Gasteiger partial charge on any atom is 0.410 e. The first-order chi connectivity index (χ1) is 13.7. The Morgan fingerprint density at radius 2 is 1.66 bits per heavy atom. The molecule has 29 heavy (non-hydrogen) atoms. The Hall–Kier alpha value is -2.42. The van der Waals surface area contributed by atoms with Crippen molar-refractivity contribution in [3.63, 3.8) is 0 Å². The van der Waals surface area contributed by atoms with Crippen molar-refractivity contribution in [2.24, 2.45) is 0 Å². The summed E-state index contributed by atoms with van der Waals surface area (Å²) in [6.45, 7) is 8.12. The van der Waals surface area contributed by atoms with Crippen molar-refractivity contribution in [1.82, 2.24) is 4.90 Å². The van der Waals surface area contributed by atoms with E-state index >= 15 is 0 Å². The van der Waals surface area contributed by atoms with Gasteiger partial charge in [0.25, 0.3) is 0 Å². The molecule has 2 aromatic carbocycles. The van der Waals surface area contributed by atoms with E-state index in [4.69, 9.17) is 33.2 Å². The third kappa shape index (κ3) is 7.49. The van der Waals surface area contributed by atoms with Crippen molar-refractivity contribution in [3.05, 3.63) is 64.1 Å². The summed E-state index contributed by atoms with van der Waals surface area (Å²) < 4.78 is 5.38. The lowest BCUT2D eigenvalue weighted by molar-refractivity contribution is 0.0240. The van der Waals surface area contributed by atoms with E-state index in [1.165, 1.54) is 0 Å². The van der Waals surface area contributed by atoms with Gasteiger partial charge < -0.3 is 14.5 Å². The Morgan fingerprint density at radius 3 is 2.10 bits per heavy atom. The predicted molar refractivity (Wildman–Crippen MR) is 118 cm³/mol. The molecular formula is C22H25Cl2N3O2. The lowest BCUT2D eigenvalue weighted by Gasteiger charge is -2.37. The van der Waals surface area contributed by atoms with E-state index in [-0.39, 0.29) is 6.09 Å². The number of anilines is 1. The molecule has 3 rings (SSSR count). The van der Waals surface area contributed by atoms with E-state index in [0.717, 1.165) is 10.7 Å². The van der Waals surface area contributed by atoms with Gasteiger partial charge in [0, 0.05) is 31.2 Å². The highest BCUT2D eigenvalue weighted by Crippen LogP contribution is 2.27. The SMILES string of the molecule is CC(C)(C)OC(=O)N1CCN(c2ccc(C#N)cc2Cl)CC1.Clc1ccccc1. The van der Waals surface area contributed by atoms with Gasteiger partial charge in [0.2, 0.25) is 0 Å². The van der Waals surface area contributed by atoms with Crippen LogP contribution in [0.5, 0.6) is 0 Å². The molecule has 5 nitrogen and oxygen atoms in total. The van der Waals surface area contributed by atoms with Crippen molar-refractivity contribution in [1.29, 1.82) is 5.26 Å². The molecule has 1 fully saturated rings. The highest BCUT2D eigenvalue weighted by atomic mass is 35.5. The van der Waals surface area contributed by atoms with Crippen LogP contribution in [0.3, 0.4) is 0 Å². The van der Waals surface area contributed by atoms with Gasteiger partial charge >= 0.3 is 6.09 Å². The molecule has 1 aliphatic heterocycles. The van der Waals surface area contributed by atoms with Crippen LogP contribution in [-0.4, -0.2) is 42.8 Å². The minimum atomic E-state index is -0.481. The van der Waals surface area contributed by atoms with Gasteiger partial charge in [0.1, 0.15) is 5.60 Å². The number of nitrogens with zero attached hydrogens (tertiary/aromatic N) is 3. The van der Waals surface area contributed by atoms with Gasteiger partial charge in [-0.3, -0.25) is 0 Å². The molecule has 0 aliphatic carbocycles. The number of benzene rings is 2. The normalized spacial score (nSPS) is 13.8. The largest absolute Gasteiger partial charge is 0.444 e.